The summed E-state index contributed by atoms with van der Waals surface area (Å²) >= 11 is 0. The van der Waals surface area contributed by atoms with Crippen molar-refractivity contribution in [3.8, 4) is 0 Å². The van der Waals surface area contributed by atoms with Crippen LogP contribution in [0.3, 0.4) is 0 Å². The van der Waals surface area contributed by atoms with Gasteiger partial charge in [0.15, 0.2) is 6.10 Å². The lowest BCUT2D eigenvalue weighted by atomic mass is 10.1. The monoisotopic (exact) mass is 320 g/mol. The number of unbranched alkanes of at least 4 members (excludes halogenated alkanes) is 6. The van der Waals surface area contributed by atoms with Crippen LogP contribution in [-0.4, -0.2) is 22.3 Å². The molecule has 0 aliphatic carbocycles. The van der Waals surface area contributed by atoms with Crippen molar-refractivity contribution in [2.75, 3.05) is 0 Å². The molecular formula is C20H32O3. The van der Waals surface area contributed by atoms with Gasteiger partial charge >= 0.3 is 5.97 Å². The first kappa shape index (κ1) is 21.4. The first-order chi connectivity index (χ1) is 11.2. The van der Waals surface area contributed by atoms with Crippen LogP contribution in [0.4, 0.5) is 0 Å². The average Bonchev–Trinajstić information content (AvgIpc) is 2.54. The lowest BCUT2D eigenvalue weighted by Gasteiger charge is -1.98. The molecule has 0 aromatic carbocycles. The molecule has 130 valence electrons. The minimum Gasteiger partial charge on any atom is -0.479 e. The zero-order chi connectivity index (χ0) is 17.2. The van der Waals surface area contributed by atoms with E-state index in [2.05, 4.69) is 25.2 Å². The third-order valence-electron chi connectivity index (χ3n) is 3.39. The van der Waals surface area contributed by atoms with Crippen LogP contribution in [0.5, 0.6) is 0 Å². The normalized spacial score (nSPS) is 13.8. The van der Waals surface area contributed by atoms with Crippen molar-refractivity contribution in [1.29, 1.82) is 0 Å². The number of aliphatic hydroxyl groups is 1. The number of carbonyl (C=O) groups is 1. The molecule has 0 heterocycles. The number of hydrogen-bond donors (Lipinski definition) is 2. The molecule has 0 saturated heterocycles. The van der Waals surface area contributed by atoms with Crippen LogP contribution in [0, 0.1) is 0 Å². The Hall–Kier alpha value is -1.61. The standard InChI is InChI=1S/C20H32O3/c1-2-3-4-5-6-7-8-9-10-11-12-13-14-15-16-17-18-19(21)20(22)23/h8-9,12-17,19,21H,2-7,10-11,18H2,1H3,(H,22,23)/b9-8+,13-12+,15-14+,17-16+. The summed E-state index contributed by atoms with van der Waals surface area (Å²) in [5.41, 5.74) is 0. The third kappa shape index (κ3) is 16.6. The van der Waals surface area contributed by atoms with Crippen LogP contribution in [0.25, 0.3) is 0 Å². The highest BCUT2D eigenvalue weighted by Gasteiger charge is 2.09. The lowest BCUT2D eigenvalue weighted by Crippen LogP contribution is -2.17. The second kappa shape index (κ2) is 16.8. The number of carboxylic acid groups (broad SMARTS) is 1. The highest BCUT2D eigenvalue weighted by molar-refractivity contribution is 5.72. The van der Waals surface area contributed by atoms with Crippen LogP contribution in [0.2, 0.25) is 0 Å². The average molecular weight is 320 g/mol. The Morgan fingerprint density at radius 2 is 1.43 bits per heavy atom. The summed E-state index contributed by atoms with van der Waals surface area (Å²) < 4.78 is 0. The fourth-order valence-electron chi connectivity index (χ4n) is 1.98. The van der Waals surface area contributed by atoms with Crippen molar-refractivity contribution in [3.05, 3.63) is 48.6 Å². The van der Waals surface area contributed by atoms with Gasteiger partial charge in [-0.3, -0.25) is 0 Å². The molecule has 0 fully saturated rings. The highest BCUT2D eigenvalue weighted by Crippen LogP contribution is 2.06. The van der Waals surface area contributed by atoms with Gasteiger partial charge in [0, 0.05) is 6.42 Å². The van der Waals surface area contributed by atoms with Crippen LogP contribution in [-0.2, 0) is 4.79 Å². The number of aliphatic carboxylic acids is 1. The summed E-state index contributed by atoms with van der Waals surface area (Å²) in [7, 11) is 0. The van der Waals surface area contributed by atoms with E-state index in [1.165, 1.54) is 38.5 Å². The molecule has 0 radical (unpaired) electrons. The Kier molecular flexibility index (Phi) is 15.6. The van der Waals surface area contributed by atoms with E-state index in [9.17, 15) is 4.79 Å². The summed E-state index contributed by atoms with van der Waals surface area (Å²) in [5.74, 6) is -1.19. The van der Waals surface area contributed by atoms with Gasteiger partial charge in [-0.15, -0.1) is 0 Å². The molecule has 3 heteroatoms. The van der Waals surface area contributed by atoms with Gasteiger partial charge < -0.3 is 10.2 Å². The molecule has 0 amide bonds. The predicted octanol–water partition coefficient (Wildman–Crippen LogP) is 5.19. The second-order valence-electron chi connectivity index (χ2n) is 5.58. The second-order valence-corrected chi connectivity index (χ2v) is 5.58. The first-order valence-corrected chi connectivity index (χ1v) is 8.72. The van der Waals surface area contributed by atoms with Crippen LogP contribution in [0.1, 0.15) is 64.7 Å². The Bertz CT molecular complexity index is 392. The van der Waals surface area contributed by atoms with Crippen molar-refractivity contribution in [1.82, 2.24) is 0 Å². The zero-order valence-electron chi connectivity index (χ0n) is 14.4. The fourth-order valence-corrected chi connectivity index (χ4v) is 1.98. The van der Waals surface area contributed by atoms with Crippen molar-refractivity contribution in [3.63, 3.8) is 0 Å². The van der Waals surface area contributed by atoms with Crippen LogP contribution >= 0.6 is 0 Å². The number of carboxylic acids is 1. The van der Waals surface area contributed by atoms with Gasteiger partial charge in [-0.25, -0.2) is 4.79 Å². The van der Waals surface area contributed by atoms with Crippen molar-refractivity contribution < 1.29 is 15.0 Å². The molecule has 23 heavy (non-hydrogen) atoms. The minimum atomic E-state index is -1.31. The van der Waals surface area contributed by atoms with E-state index in [-0.39, 0.29) is 6.42 Å². The molecule has 3 nitrogen and oxygen atoms in total. The van der Waals surface area contributed by atoms with Gasteiger partial charge in [0.2, 0.25) is 0 Å². The molecule has 0 aromatic heterocycles. The molecule has 2 N–H and O–H groups in total. The molecule has 0 aliphatic heterocycles. The lowest BCUT2D eigenvalue weighted by molar-refractivity contribution is -0.146. The number of rotatable bonds is 14. The van der Waals surface area contributed by atoms with E-state index in [1.807, 2.05) is 18.2 Å². The van der Waals surface area contributed by atoms with E-state index < -0.39 is 12.1 Å². The Balaban J connectivity index is 3.51. The van der Waals surface area contributed by atoms with Gasteiger partial charge in [-0.2, -0.15) is 0 Å². The topological polar surface area (TPSA) is 57.5 Å². The quantitative estimate of drug-likeness (QED) is 0.263. The zero-order valence-corrected chi connectivity index (χ0v) is 14.4. The SMILES string of the molecule is CCCCCCC/C=C/CC/C=C/C=C/C=C/CC(O)C(=O)O. The first-order valence-electron chi connectivity index (χ1n) is 8.72. The number of aliphatic hydroxyl groups excluding tert-OH is 1. The van der Waals surface area contributed by atoms with E-state index in [1.54, 1.807) is 12.2 Å². The van der Waals surface area contributed by atoms with Crippen molar-refractivity contribution in [2.24, 2.45) is 0 Å². The smallest absolute Gasteiger partial charge is 0.332 e. The van der Waals surface area contributed by atoms with Crippen LogP contribution in [0.15, 0.2) is 48.6 Å². The van der Waals surface area contributed by atoms with Gasteiger partial charge in [0.1, 0.15) is 0 Å². The highest BCUT2D eigenvalue weighted by atomic mass is 16.4. The maximum atomic E-state index is 10.4. The van der Waals surface area contributed by atoms with E-state index in [0.29, 0.717) is 0 Å². The van der Waals surface area contributed by atoms with Gasteiger partial charge in [-0.1, -0.05) is 81.2 Å². The number of hydrogen-bond acceptors (Lipinski definition) is 2. The molecule has 0 saturated carbocycles. The van der Waals surface area contributed by atoms with Crippen molar-refractivity contribution in [2.45, 2.75) is 70.8 Å². The molecule has 1 unspecified atom stereocenters. The van der Waals surface area contributed by atoms with Crippen LogP contribution < -0.4 is 0 Å². The molecule has 0 bridgehead atoms. The Morgan fingerprint density at radius 3 is 2.13 bits per heavy atom. The Labute approximate surface area is 141 Å². The van der Waals surface area contributed by atoms with E-state index in [0.717, 1.165) is 12.8 Å². The Morgan fingerprint density at radius 1 is 0.826 bits per heavy atom. The van der Waals surface area contributed by atoms with Gasteiger partial charge in [-0.05, 0) is 25.7 Å². The molecule has 0 aliphatic rings. The van der Waals surface area contributed by atoms with E-state index >= 15 is 0 Å². The summed E-state index contributed by atoms with van der Waals surface area (Å²) in [4.78, 5) is 10.4. The summed E-state index contributed by atoms with van der Waals surface area (Å²) in [5, 5.41) is 17.5. The largest absolute Gasteiger partial charge is 0.479 e. The van der Waals surface area contributed by atoms with Gasteiger partial charge in [0.05, 0.1) is 0 Å². The maximum Gasteiger partial charge on any atom is 0.332 e. The number of allylic oxidation sites excluding steroid dienone is 7. The summed E-state index contributed by atoms with van der Waals surface area (Å²) in [6.45, 7) is 2.24. The van der Waals surface area contributed by atoms with Crippen molar-refractivity contribution >= 4 is 5.97 Å². The maximum absolute atomic E-state index is 10.4. The predicted molar refractivity (Wildman–Crippen MR) is 97.4 cm³/mol. The van der Waals surface area contributed by atoms with E-state index in [4.69, 9.17) is 10.2 Å². The molecule has 0 aromatic rings. The third-order valence-corrected chi connectivity index (χ3v) is 3.39. The van der Waals surface area contributed by atoms with Gasteiger partial charge in [0.25, 0.3) is 0 Å². The molecular weight excluding hydrogens is 288 g/mol. The fraction of sp³-hybridized carbons (Fsp3) is 0.550. The summed E-state index contributed by atoms with van der Waals surface area (Å²) in [6.07, 6.45) is 24.5. The molecule has 0 spiro atoms. The minimum absolute atomic E-state index is 0.132. The molecule has 0 rings (SSSR count). The summed E-state index contributed by atoms with van der Waals surface area (Å²) in [6, 6.07) is 0. The molecule has 1 atom stereocenters.